The van der Waals surface area contributed by atoms with E-state index >= 15 is 0 Å². The van der Waals surface area contributed by atoms with Gasteiger partial charge in [0.25, 0.3) is 0 Å². The van der Waals surface area contributed by atoms with Crippen molar-refractivity contribution in [2.24, 2.45) is 5.92 Å². The molecule has 1 aromatic carbocycles. The summed E-state index contributed by atoms with van der Waals surface area (Å²) in [5.74, 6) is 0.473. The van der Waals surface area contributed by atoms with Crippen LogP contribution in [0.1, 0.15) is 30.9 Å². The molecular formula is C15H23NO2S. The number of aryl methyl sites for hydroxylation is 1. The molecule has 1 fully saturated rings. The molecule has 0 bridgehead atoms. The second-order valence-corrected chi connectivity index (χ2v) is 7.88. The maximum absolute atomic E-state index is 12.5. The van der Waals surface area contributed by atoms with Crippen molar-refractivity contribution in [1.29, 1.82) is 0 Å². The van der Waals surface area contributed by atoms with Gasteiger partial charge in [0.05, 0.1) is 11.0 Å². The average Bonchev–Trinajstić information content (AvgIpc) is 2.41. The molecule has 0 saturated carbocycles. The first-order valence-corrected chi connectivity index (χ1v) is 8.69. The standard InChI is InChI=1S/C15H23NO2S/c1-12-5-3-4-6-15(12)11-19(17,18)13(2)14-7-9-16-10-8-14/h3-6,13-14,16H,7-11H2,1-2H3. The van der Waals surface area contributed by atoms with Crippen molar-refractivity contribution in [3.05, 3.63) is 35.4 Å². The Kier molecular flexibility index (Phi) is 4.63. The lowest BCUT2D eigenvalue weighted by Gasteiger charge is -2.28. The molecule has 1 saturated heterocycles. The number of benzene rings is 1. The van der Waals surface area contributed by atoms with Crippen LogP contribution in [0.15, 0.2) is 24.3 Å². The van der Waals surface area contributed by atoms with Crippen LogP contribution in [0, 0.1) is 12.8 Å². The van der Waals surface area contributed by atoms with Gasteiger partial charge in [0.2, 0.25) is 0 Å². The summed E-state index contributed by atoms with van der Waals surface area (Å²) >= 11 is 0. The molecule has 3 nitrogen and oxygen atoms in total. The average molecular weight is 281 g/mol. The molecule has 0 aromatic heterocycles. The van der Waals surface area contributed by atoms with Crippen molar-refractivity contribution in [3.63, 3.8) is 0 Å². The van der Waals surface area contributed by atoms with E-state index in [-0.39, 0.29) is 11.0 Å². The number of hydrogen-bond acceptors (Lipinski definition) is 3. The highest BCUT2D eigenvalue weighted by molar-refractivity contribution is 7.91. The molecule has 1 aliphatic heterocycles. The molecule has 4 heteroatoms. The highest BCUT2D eigenvalue weighted by Gasteiger charge is 2.30. The van der Waals surface area contributed by atoms with E-state index in [9.17, 15) is 8.42 Å². The van der Waals surface area contributed by atoms with E-state index in [4.69, 9.17) is 0 Å². The summed E-state index contributed by atoms with van der Waals surface area (Å²) in [5, 5.41) is 3.04. The third kappa shape index (κ3) is 3.57. The molecule has 19 heavy (non-hydrogen) atoms. The van der Waals surface area contributed by atoms with Crippen molar-refractivity contribution in [2.45, 2.75) is 37.7 Å². The fourth-order valence-corrected chi connectivity index (χ4v) is 4.61. The Morgan fingerprint density at radius 2 is 1.89 bits per heavy atom. The molecule has 1 aromatic rings. The van der Waals surface area contributed by atoms with Gasteiger partial charge in [0.1, 0.15) is 0 Å². The molecule has 1 heterocycles. The van der Waals surface area contributed by atoms with Gasteiger partial charge >= 0.3 is 0 Å². The van der Waals surface area contributed by atoms with Crippen molar-refractivity contribution in [3.8, 4) is 0 Å². The van der Waals surface area contributed by atoms with Crippen LogP contribution in [0.3, 0.4) is 0 Å². The minimum atomic E-state index is -3.06. The van der Waals surface area contributed by atoms with Crippen LogP contribution >= 0.6 is 0 Å². The van der Waals surface area contributed by atoms with Gasteiger partial charge in [-0.3, -0.25) is 0 Å². The van der Waals surface area contributed by atoms with Gasteiger partial charge in [-0.2, -0.15) is 0 Å². The minimum Gasteiger partial charge on any atom is -0.317 e. The van der Waals surface area contributed by atoms with E-state index in [1.54, 1.807) is 0 Å². The Morgan fingerprint density at radius 1 is 1.26 bits per heavy atom. The lowest BCUT2D eigenvalue weighted by atomic mass is 9.95. The highest BCUT2D eigenvalue weighted by Crippen LogP contribution is 2.25. The van der Waals surface area contributed by atoms with Crippen LogP contribution in [-0.4, -0.2) is 26.8 Å². The molecule has 1 N–H and O–H groups in total. The monoisotopic (exact) mass is 281 g/mol. The smallest absolute Gasteiger partial charge is 0.157 e. The van der Waals surface area contributed by atoms with E-state index < -0.39 is 9.84 Å². The first kappa shape index (κ1) is 14.5. The van der Waals surface area contributed by atoms with Crippen molar-refractivity contribution < 1.29 is 8.42 Å². The first-order valence-electron chi connectivity index (χ1n) is 6.97. The number of piperidine rings is 1. The SMILES string of the molecule is Cc1ccccc1CS(=O)(=O)C(C)C1CCNCC1. The molecule has 106 valence electrons. The van der Waals surface area contributed by atoms with E-state index in [1.165, 1.54) is 0 Å². The Bertz CT molecular complexity index is 519. The zero-order chi connectivity index (χ0) is 13.9. The van der Waals surface area contributed by atoms with Gasteiger partial charge in [-0.15, -0.1) is 0 Å². The predicted molar refractivity (Wildman–Crippen MR) is 78.9 cm³/mol. The molecule has 1 atom stereocenters. The molecule has 1 aliphatic rings. The summed E-state index contributed by atoms with van der Waals surface area (Å²) in [4.78, 5) is 0. The van der Waals surface area contributed by atoms with E-state index in [1.807, 2.05) is 38.1 Å². The molecule has 1 unspecified atom stereocenters. The van der Waals surface area contributed by atoms with Gasteiger partial charge in [0.15, 0.2) is 9.84 Å². The zero-order valence-electron chi connectivity index (χ0n) is 11.7. The van der Waals surface area contributed by atoms with Crippen LogP contribution in [-0.2, 0) is 15.6 Å². The molecule has 0 amide bonds. The van der Waals surface area contributed by atoms with Gasteiger partial charge < -0.3 is 5.32 Å². The summed E-state index contributed by atoms with van der Waals surface area (Å²) in [5.41, 5.74) is 1.99. The Labute approximate surface area is 116 Å². The highest BCUT2D eigenvalue weighted by atomic mass is 32.2. The zero-order valence-corrected chi connectivity index (χ0v) is 12.5. The quantitative estimate of drug-likeness (QED) is 0.921. The van der Waals surface area contributed by atoms with Crippen LogP contribution in [0.25, 0.3) is 0 Å². The Balaban J connectivity index is 2.11. The molecule has 2 rings (SSSR count). The third-order valence-corrected chi connectivity index (χ3v) is 6.46. The van der Waals surface area contributed by atoms with Crippen molar-refractivity contribution >= 4 is 9.84 Å². The van der Waals surface area contributed by atoms with Gasteiger partial charge in [0, 0.05) is 0 Å². The molecule has 0 spiro atoms. The predicted octanol–water partition coefficient (Wildman–Crippen LogP) is 2.30. The fourth-order valence-electron chi connectivity index (χ4n) is 2.73. The summed E-state index contributed by atoms with van der Waals surface area (Å²) in [6, 6.07) is 7.75. The second-order valence-electron chi connectivity index (χ2n) is 5.53. The maximum atomic E-state index is 12.5. The van der Waals surface area contributed by atoms with Crippen molar-refractivity contribution in [2.75, 3.05) is 13.1 Å². The third-order valence-electron chi connectivity index (χ3n) is 4.23. The lowest BCUT2D eigenvalue weighted by Crippen LogP contribution is -2.37. The van der Waals surface area contributed by atoms with Gasteiger partial charge in [-0.05, 0) is 56.8 Å². The minimum absolute atomic E-state index is 0.171. The maximum Gasteiger partial charge on any atom is 0.157 e. The Hall–Kier alpha value is -0.870. The summed E-state index contributed by atoms with van der Waals surface area (Å²) in [7, 11) is -3.06. The first-order chi connectivity index (χ1) is 9.00. The molecule has 0 aliphatic carbocycles. The number of hydrogen-bond donors (Lipinski definition) is 1. The summed E-state index contributed by atoms with van der Waals surface area (Å²) < 4.78 is 25.1. The largest absolute Gasteiger partial charge is 0.317 e. The van der Waals surface area contributed by atoms with Crippen LogP contribution in [0.2, 0.25) is 0 Å². The lowest BCUT2D eigenvalue weighted by molar-refractivity contribution is 0.363. The van der Waals surface area contributed by atoms with Gasteiger partial charge in [-0.25, -0.2) is 8.42 Å². The van der Waals surface area contributed by atoms with E-state index in [0.29, 0.717) is 5.92 Å². The number of rotatable bonds is 4. The fraction of sp³-hybridized carbons (Fsp3) is 0.600. The van der Waals surface area contributed by atoms with Crippen LogP contribution in [0.5, 0.6) is 0 Å². The summed E-state index contributed by atoms with van der Waals surface area (Å²) in [6.45, 7) is 5.73. The number of sulfone groups is 1. The van der Waals surface area contributed by atoms with E-state index in [2.05, 4.69) is 5.32 Å². The molecular weight excluding hydrogens is 258 g/mol. The molecule has 0 radical (unpaired) electrons. The summed E-state index contributed by atoms with van der Waals surface area (Å²) in [6.07, 6.45) is 1.93. The Morgan fingerprint density at radius 3 is 2.53 bits per heavy atom. The topological polar surface area (TPSA) is 46.2 Å². The van der Waals surface area contributed by atoms with Crippen LogP contribution < -0.4 is 5.32 Å². The van der Waals surface area contributed by atoms with E-state index in [0.717, 1.165) is 37.1 Å². The van der Waals surface area contributed by atoms with Crippen molar-refractivity contribution in [1.82, 2.24) is 5.32 Å². The van der Waals surface area contributed by atoms with Crippen LogP contribution in [0.4, 0.5) is 0 Å². The van der Waals surface area contributed by atoms with Gasteiger partial charge in [-0.1, -0.05) is 24.3 Å². The number of nitrogens with one attached hydrogen (secondary N) is 1. The second kappa shape index (κ2) is 6.06. The normalized spacial score (nSPS) is 19.3.